The van der Waals surface area contributed by atoms with Crippen LogP contribution in [0.25, 0.3) is 0 Å². The number of piperidine rings is 1. The van der Waals surface area contributed by atoms with Crippen LogP contribution in [-0.2, 0) is 4.79 Å². The molecule has 0 aliphatic carbocycles. The molecule has 2 nitrogen and oxygen atoms in total. The van der Waals surface area contributed by atoms with E-state index in [0.717, 1.165) is 0 Å². The monoisotopic (exact) mass is 281 g/mol. The van der Waals surface area contributed by atoms with Gasteiger partial charge in [-0.2, -0.15) is 0 Å². The van der Waals surface area contributed by atoms with E-state index in [1.807, 2.05) is 6.08 Å². The molecule has 0 aromatic rings. The van der Waals surface area contributed by atoms with Crippen molar-refractivity contribution in [3.63, 3.8) is 0 Å². The number of nitrogens with one attached hydrogen (secondary N) is 1. The highest BCUT2D eigenvalue weighted by Gasteiger charge is 2.36. The Balaban J connectivity index is 0.000000370. The van der Waals surface area contributed by atoms with Crippen molar-refractivity contribution in [2.24, 2.45) is 0 Å². The second-order valence-corrected chi connectivity index (χ2v) is 7.28. The molecule has 0 radical (unpaired) electrons. The fourth-order valence-corrected chi connectivity index (χ4v) is 2.95. The summed E-state index contributed by atoms with van der Waals surface area (Å²) in [6.07, 6.45) is 11.4. The van der Waals surface area contributed by atoms with Gasteiger partial charge >= 0.3 is 0 Å². The van der Waals surface area contributed by atoms with E-state index in [9.17, 15) is 4.79 Å². The topological polar surface area (TPSA) is 29.1 Å². The summed E-state index contributed by atoms with van der Waals surface area (Å²) in [6.45, 7) is 14.2. The zero-order valence-corrected chi connectivity index (χ0v) is 14.3. The molecular weight excluding hydrogens is 246 g/mol. The summed E-state index contributed by atoms with van der Waals surface area (Å²) in [5, 5.41) is 3.44. The lowest BCUT2D eigenvalue weighted by Crippen LogP contribution is -2.58. The number of carbonyl (C=O) groups excluding carboxylic acids is 1. The van der Waals surface area contributed by atoms with Crippen molar-refractivity contribution in [3.05, 3.63) is 12.7 Å². The second-order valence-electron chi connectivity index (χ2n) is 7.28. The molecule has 1 aliphatic heterocycles. The first-order valence-corrected chi connectivity index (χ1v) is 8.14. The van der Waals surface area contributed by atoms with Crippen molar-refractivity contribution in [2.75, 3.05) is 0 Å². The molecule has 0 saturated carbocycles. The number of rotatable bonds is 6. The van der Waals surface area contributed by atoms with Gasteiger partial charge in [0, 0.05) is 23.9 Å². The number of carbonyl (C=O) groups is 1. The Labute approximate surface area is 126 Å². The predicted octanol–water partition coefficient (Wildman–Crippen LogP) is 5.03. The van der Waals surface area contributed by atoms with Gasteiger partial charge < -0.3 is 5.32 Å². The van der Waals surface area contributed by atoms with Crippen molar-refractivity contribution < 1.29 is 4.79 Å². The highest BCUT2D eigenvalue weighted by molar-refractivity contribution is 5.81. The van der Waals surface area contributed by atoms with Crippen LogP contribution in [0.2, 0.25) is 0 Å². The van der Waals surface area contributed by atoms with Crippen LogP contribution in [0.4, 0.5) is 0 Å². The molecule has 118 valence electrons. The van der Waals surface area contributed by atoms with E-state index in [1.165, 1.54) is 38.5 Å². The summed E-state index contributed by atoms with van der Waals surface area (Å²) in [5.74, 6) is 0.374. The quantitative estimate of drug-likeness (QED) is 0.546. The molecule has 0 aromatic carbocycles. The van der Waals surface area contributed by atoms with Gasteiger partial charge in [-0.05, 0) is 40.5 Å². The van der Waals surface area contributed by atoms with Gasteiger partial charge in [-0.3, -0.25) is 4.79 Å². The van der Waals surface area contributed by atoms with Crippen LogP contribution >= 0.6 is 0 Å². The van der Waals surface area contributed by atoms with E-state index in [1.54, 1.807) is 0 Å². The van der Waals surface area contributed by atoms with Crippen LogP contribution in [-0.4, -0.2) is 16.9 Å². The first-order valence-electron chi connectivity index (χ1n) is 8.14. The van der Waals surface area contributed by atoms with Gasteiger partial charge in [0.25, 0.3) is 0 Å². The molecule has 1 aliphatic rings. The van der Waals surface area contributed by atoms with Gasteiger partial charge in [0.05, 0.1) is 0 Å². The Bertz CT molecular complexity index is 274. The Kier molecular flexibility index (Phi) is 9.04. The molecule has 20 heavy (non-hydrogen) atoms. The van der Waals surface area contributed by atoms with E-state index in [0.29, 0.717) is 18.6 Å². The number of hydrogen-bond donors (Lipinski definition) is 1. The smallest absolute Gasteiger partial charge is 0.136 e. The normalized spacial score (nSPS) is 19.9. The van der Waals surface area contributed by atoms with Crippen LogP contribution in [0.3, 0.4) is 0 Å². The molecule has 2 heteroatoms. The predicted molar refractivity (Wildman–Crippen MR) is 89.1 cm³/mol. The summed E-state index contributed by atoms with van der Waals surface area (Å²) in [7, 11) is 0. The maximum absolute atomic E-state index is 11.3. The minimum absolute atomic E-state index is 0.0150. The number of hydrogen-bond acceptors (Lipinski definition) is 2. The maximum atomic E-state index is 11.3. The zero-order chi connectivity index (χ0) is 15.6. The lowest BCUT2D eigenvalue weighted by molar-refractivity contribution is -0.124. The van der Waals surface area contributed by atoms with E-state index in [2.05, 4.69) is 46.5 Å². The summed E-state index contributed by atoms with van der Waals surface area (Å²) in [4.78, 5) is 11.3. The molecule has 1 heterocycles. The molecule has 0 bridgehead atoms. The Hall–Kier alpha value is -0.630. The summed E-state index contributed by atoms with van der Waals surface area (Å²) >= 11 is 0. The van der Waals surface area contributed by atoms with Gasteiger partial charge in [0.15, 0.2) is 0 Å². The molecule has 1 N–H and O–H groups in total. The van der Waals surface area contributed by atoms with Crippen molar-refractivity contribution in [2.45, 2.75) is 97.1 Å². The molecule has 0 unspecified atom stereocenters. The van der Waals surface area contributed by atoms with E-state index in [4.69, 9.17) is 0 Å². The van der Waals surface area contributed by atoms with Crippen LogP contribution in [0.15, 0.2) is 12.7 Å². The summed E-state index contributed by atoms with van der Waals surface area (Å²) in [6, 6.07) is 0. The highest BCUT2D eigenvalue weighted by atomic mass is 16.1. The minimum atomic E-state index is -0.0150. The lowest BCUT2D eigenvalue weighted by atomic mass is 9.82. The van der Waals surface area contributed by atoms with Crippen molar-refractivity contribution in [3.8, 4) is 0 Å². The summed E-state index contributed by atoms with van der Waals surface area (Å²) in [5.41, 5.74) is -0.0301. The second kappa shape index (κ2) is 9.33. The van der Waals surface area contributed by atoms with Crippen LogP contribution < -0.4 is 5.32 Å². The molecule has 1 saturated heterocycles. The van der Waals surface area contributed by atoms with Gasteiger partial charge in [-0.15, -0.1) is 6.58 Å². The van der Waals surface area contributed by atoms with Gasteiger partial charge in [0.1, 0.15) is 5.78 Å². The number of ketones is 1. The fourth-order valence-electron chi connectivity index (χ4n) is 2.95. The van der Waals surface area contributed by atoms with Crippen molar-refractivity contribution >= 4 is 5.78 Å². The Morgan fingerprint density at radius 1 is 1.05 bits per heavy atom. The first kappa shape index (κ1) is 19.4. The van der Waals surface area contributed by atoms with Crippen molar-refractivity contribution in [1.29, 1.82) is 0 Å². The minimum Gasteiger partial charge on any atom is -0.306 e. The largest absolute Gasteiger partial charge is 0.306 e. The van der Waals surface area contributed by atoms with E-state index < -0.39 is 0 Å². The van der Waals surface area contributed by atoms with E-state index >= 15 is 0 Å². The standard InChI is InChI=1S/C9H17NO.C9H18/c1-8(2)5-7(11)6-9(3,4)10-8;1-3-5-7-9-8-6-4-2/h10H,5-6H2,1-4H3;3H,1,4-9H2,2H3. The van der Waals surface area contributed by atoms with Crippen molar-refractivity contribution in [1.82, 2.24) is 5.32 Å². The third-order valence-electron chi connectivity index (χ3n) is 3.47. The fraction of sp³-hybridized carbons (Fsp3) is 0.833. The first-order chi connectivity index (χ1) is 9.22. The molecule has 0 amide bonds. The maximum Gasteiger partial charge on any atom is 0.136 e. The van der Waals surface area contributed by atoms with Crippen LogP contribution in [0.1, 0.15) is 86.0 Å². The molecule has 0 spiro atoms. The molecule has 1 fully saturated rings. The Morgan fingerprint density at radius 3 is 1.95 bits per heavy atom. The molecule has 0 atom stereocenters. The average molecular weight is 281 g/mol. The van der Waals surface area contributed by atoms with Gasteiger partial charge in [-0.25, -0.2) is 0 Å². The van der Waals surface area contributed by atoms with Gasteiger partial charge in [0.2, 0.25) is 0 Å². The zero-order valence-electron chi connectivity index (χ0n) is 14.3. The van der Waals surface area contributed by atoms with E-state index in [-0.39, 0.29) is 11.1 Å². The lowest BCUT2D eigenvalue weighted by Gasteiger charge is -2.41. The highest BCUT2D eigenvalue weighted by Crippen LogP contribution is 2.25. The molecule has 0 aromatic heterocycles. The van der Waals surface area contributed by atoms with Gasteiger partial charge in [-0.1, -0.05) is 38.7 Å². The molecule has 1 rings (SSSR count). The number of Topliss-reactive ketones (excluding diaryl/α,β-unsaturated/α-hetero) is 1. The summed E-state index contributed by atoms with van der Waals surface area (Å²) < 4.78 is 0. The third-order valence-corrected chi connectivity index (χ3v) is 3.47. The average Bonchev–Trinajstić information content (AvgIpc) is 2.24. The van der Waals surface area contributed by atoms with Crippen LogP contribution in [0.5, 0.6) is 0 Å². The molecular formula is C18H35NO. The Morgan fingerprint density at radius 2 is 1.55 bits per heavy atom. The number of allylic oxidation sites excluding steroid dienone is 1. The van der Waals surface area contributed by atoms with Crippen LogP contribution in [0, 0.1) is 0 Å². The SMILES string of the molecule is C=CCCCCCCC.CC1(C)CC(=O)CC(C)(C)N1. The third kappa shape index (κ3) is 10.2. The number of unbranched alkanes of at least 4 members (excludes halogenated alkanes) is 5.